The number of nitrogens with zero attached hydrogens (tertiary/aromatic N) is 1. The van der Waals surface area contributed by atoms with Gasteiger partial charge >= 0.3 is 6.03 Å². The average Bonchev–Trinajstić information content (AvgIpc) is 2.37. The predicted octanol–water partition coefficient (Wildman–Crippen LogP) is 1.12. The molecular formula is C12H16FN3O2S. The van der Waals surface area contributed by atoms with E-state index < -0.39 is 5.82 Å². The average molecular weight is 285 g/mol. The number of nitrogens with one attached hydrogen (secondary N) is 2. The number of hydrogen-bond donors (Lipinski definition) is 3. The van der Waals surface area contributed by atoms with Crippen LogP contribution in [0, 0.1) is 5.82 Å². The topological polar surface area (TPSA) is 61.4 Å². The van der Waals surface area contributed by atoms with Gasteiger partial charge in [0.25, 0.3) is 5.91 Å². The Balaban J connectivity index is 2.39. The van der Waals surface area contributed by atoms with Crippen molar-refractivity contribution in [1.82, 2.24) is 15.5 Å². The third kappa shape index (κ3) is 4.78. The summed E-state index contributed by atoms with van der Waals surface area (Å²) in [5.41, 5.74) is 0.324. The van der Waals surface area contributed by atoms with Gasteiger partial charge in [-0.05, 0) is 18.2 Å². The Labute approximate surface area is 116 Å². The highest BCUT2D eigenvalue weighted by Crippen LogP contribution is 2.13. The minimum atomic E-state index is -0.474. The number of carbonyl (C=O) groups is 2. The Morgan fingerprint density at radius 3 is 2.47 bits per heavy atom. The lowest BCUT2D eigenvalue weighted by molar-refractivity contribution is 0.0953. The summed E-state index contributed by atoms with van der Waals surface area (Å²) in [6.07, 6.45) is 0. The van der Waals surface area contributed by atoms with Crippen LogP contribution in [0.15, 0.2) is 23.1 Å². The minimum Gasteiger partial charge on any atom is -0.350 e. The summed E-state index contributed by atoms with van der Waals surface area (Å²) < 4.78 is 13.0. The van der Waals surface area contributed by atoms with Crippen LogP contribution in [0.3, 0.4) is 0 Å². The Morgan fingerprint density at radius 2 is 1.89 bits per heavy atom. The van der Waals surface area contributed by atoms with E-state index in [1.165, 1.54) is 23.1 Å². The van der Waals surface area contributed by atoms with Crippen molar-refractivity contribution in [3.63, 3.8) is 0 Å². The summed E-state index contributed by atoms with van der Waals surface area (Å²) >= 11 is 3.90. The standard InChI is InChI=1S/C12H16FN3O2S/c1-16(2)12(18)15-6-5-14-11(17)8-3-4-9(13)10(19)7-8/h3-4,7,19H,5-6H2,1-2H3,(H,14,17)(H,15,18). The molecule has 0 heterocycles. The SMILES string of the molecule is CN(C)C(=O)NCCNC(=O)c1ccc(F)c(S)c1. The first-order chi connectivity index (χ1) is 8.91. The van der Waals surface area contributed by atoms with Gasteiger partial charge in [0.05, 0.1) is 0 Å². The lowest BCUT2D eigenvalue weighted by atomic mass is 10.2. The molecule has 5 nitrogen and oxygen atoms in total. The molecule has 104 valence electrons. The first kappa shape index (κ1) is 15.3. The van der Waals surface area contributed by atoms with Crippen LogP contribution in [-0.4, -0.2) is 44.0 Å². The molecule has 0 saturated heterocycles. The van der Waals surface area contributed by atoms with E-state index in [1.807, 2.05) is 0 Å². The third-order valence-corrected chi connectivity index (χ3v) is 2.64. The molecule has 0 aliphatic heterocycles. The molecule has 0 saturated carbocycles. The number of carbonyl (C=O) groups excluding carboxylic acids is 2. The minimum absolute atomic E-state index is 0.119. The van der Waals surface area contributed by atoms with E-state index in [-0.39, 0.29) is 23.4 Å². The molecule has 0 aliphatic rings. The van der Waals surface area contributed by atoms with Crippen LogP contribution in [0.4, 0.5) is 9.18 Å². The molecule has 2 N–H and O–H groups in total. The maximum atomic E-state index is 13.0. The molecule has 0 atom stereocenters. The first-order valence-corrected chi connectivity index (χ1v) is 6.08. The fourth-order valence-corrected chi connectivity index (χ4v) is 1.47. The van der Waals surface area contributed by atoms with E-state index in [2.05, 4.69) is 23.3 Å². The lowest BCUT2D eigenvalue weighted by Gasteiger charge is -2.12. The van der Waals surface area contributed by atoms with E-state index in [0.29, 0.717) is 12.1 Å². The van der Waals surface area contributed by atoms with E-state index >= 15 is 0 Å². The van der Waals surface area contributed by atoms with Gasteiger partial charge in [0.2, 0.25) is 0 Å². The second-order valence-corrected chi connectivity index (χ2v) is 4.53. The van der Waals surface area contributed by atoms with Crippen LogP contribution in [0.25, 0.3) is 0 Å². The molecule has 0 unspecified atom stereocenters. The molecule has 1 rings (SSSR count). The molecule has 0 spiro atoms. The number of urea groups is 1. The Kier molecular flexibility index (Phi) is 5.62. The second kappa shape index (κ2) is 6.98. The van der Waals surface area contributed by atoms with E-state index in [4.69, 9.17) is 0 Å². The summed E-state index contributed by atoms with van der Waals surface area (Å²) in [5.74, 6) is -0.812. The zero-order chi connectivity index (χ0) is 14.4. The number of hydrogen-bond acceptors (Lipinski definition) is 3. The van der Waals surface area contributed by atoms with Crippen LogP contribution < -0.4 is 10.6 Å². The van der Waals surface area contributed by atoms with Crippen molar-refractivity contribution < 1.29 is 14.0 Å². The molecule has 3 amide bonds. The normalized spacial score (nSPS) is 9.89. The van der Waals surface area contributed by atoms with Gasteiger partial charge in [-0.1, -0.05) is 0 Å². The van der Waals surface area contributed by atoms with Gasteiger partial charge in [-0.3, -0.25) is 4.79 Å². The maximum Gasteiger partial charge on any atom is 0.316 e. The van der Waals surface area contributed by atoms with Crippen LogP contribution in [0.1, 0.15) is 10.4 Å². The second-order valence-electron chi connectivity index (χ2n) is 4.05. The number of halogens is 1. The fraction of sp³-hybridized carbons (Fsp3) is 0.333. The van der Waals surface area contributed by atoms with Crippen molar-refractivity contribution in [2.45, 2.75) is 4.90 Å². The van der Waals surface area contributed by atoms with Crippen LogP contribution in [-0.2, 0) is 0 Å². The van der Waals surface area contributed by atoms with Gasteiger partial charge in [0, 0.05) is 37.6 Å². The predicted molar refractivity (Wildman–Crippen MR) is 73.1 cm³/mol. The Hall–Kier alpha value is -1.76. The molecule has 0 fully saturated rings. The Morgan fingerprint density at radius 1 is 1.26 bits per heavy atom. The first-order valence-electron chi connectivity index (χ1n) is 5.63. The zero-order valence-corrected chi connectivity index (χ0v) is 11.6. The van der Waals surface area contributed by atoms with E-state index in [0.717, 1.165) is 0 Å². The summed E-state index contributed by atoms with van der Waals surface area (Å²) in [5, 5.41) is 5.22. The molecule has 0 aromatic heterocycles. The molecule has 1 aromatic rings. The molecule has 0 bridgehead atoms. The van der Waals surface area contributed by atoms with Crippen molar-refractivity contribution in [3.8, 4) is 0 Å². The van der Waals surface area contributed by atoms with Gasteiger partial charge in [0.1, 0.15) is 5.82 Å². The summed E-state index contributed by atoms with van der Waals surface area (Å²) in [7, 11) is 3.25. The smallest absolute Gasteiger partial charge is 0.316 e. The van der Waals surface area contributed by atoms with Gasteiger partial charge in [-0.25, -0.2) is 9.18 Å². The quantitative estimate of drug-likeness (QED) is 0.573. The van der Waals surface area contributed by atoms with Crippen molar-refractivity contribution >= 4 is 24.6 Å². The third-order valence-electron chi connectivity index (χ3n) is 2.30. The van der Waals surface area contributed by atoms with Crippen molar-refractivity contribution in [2.75, 3.05) is 27.2 Å². The van der Waals surface area contributed by atoms with Gasteiger partial charge in [-0.2, -0.15) is 0 Å². The number of benzene rings is 1. The van der Waals surface area contributed by atoms with Gasteiger partial charge < -0.3 is 15.5 Å². The summed E-state index contributed by atoms with van der Waals surface area (Å²) in [4.78, 5) is 24.4. The fourth-order valence-electron chi connectivity index (χ4n) is 1.26. The maximum absolute atomic E-state index is 13.0. The van der Waals surface area contributed by atoms with Crippen LogP contribution in [0.5, 0.6) is 0 Å². The van der Waals surface area contributed by atoms with Crippen molar-refractivity contribution in [1.29, 1.82) is 0 Å². The molecular weight excluding hydrogens is 269 g/mol. The molecule has 0 aliphatic carbocycles. The van der Waals surface area contributed by atoms with Crippen molar-refractivity contribution in [3.05, 3.63) is 29.6 Å². The molecule has 1 aromatic carbocycles. The highest BCUT2D eigenvalue weighted by Gasteiger charge is 2.08. The molecule has 7 heteroatoms. The van der Waals surface area contributed by atoms with Crippen LogP contribution in [0.2, 0.25) is 0 Å². The zero-order valence-electron chi connectivity index (χ0n) is 10.7. The molecule has 0 radical (unpaired) electrons. The van der Waals surface area contributed by atoms with Gasteiger partial charge in [0.15, 0.2) is 0 Å². The van der Waals surface area contributed by atoms with E-state index in [9.17, 15) is 14.0 Å². The number of amides is 3. The summed E-state index contributed by atoms with van der Waals surface area (Å²) in [6, 6.07) is 3.69. The highest BCUT2D eigenvalue weighted by molar-refractivity contribution is 7.80. The van der Waals surface area contributed by atoms with E-state index in [1.54, 1.807) is 14.1 Å². The number of thiol groups is 1. The summed E-state index contributed by atoms with van der Waals surface area (Å²) in [6.45, 7) is 0.607. The van der Waals surface area contributed by atoms with Crippen molar-refractivity contribution in [2.24, 2.45) is 0 Å². The lowest BCUT2D eigenvalue weighted by Crippen LogP contribution is -2.39. The highest BCUT2D eigenvalue weighted by atomic mass is 32.1. The van der Waals surface area contributed by atoms with Gasteiger partial charge in [-0.15, -0.1) is 12.6 Å². The molecule has 19 heavy (non-hydrogen) atoms. The number of rotatable bonds is 4. The largest absolute Gasteiger partial charge is 0.350 e. The Bertz CT molecular complexity index is 480. The van der Waals surface area contributed by atoms with Crippen LogP contribution >= 0.6 is 12.6 Å². The monoisotopic (exact) mass is 285 g/mol.